The molecule has 2 nitrogen and oxygen atoms in total. The van der Waals surface area contributed by atoms with Crippen LogP contribution in [0.4, 0.5) is 0 Å². The lowest BCUT2D eigenvalue weighted by atomic mass is 10.0. The number of rotatable bonds is 6. The smallest absolute Gasteiger partial charge is 0.122 e. The molecular weight excluding hydrogens is 210 g/mol. The first-order chi connectivity index (χ1) is 7.96. The van der Waals surface area contributed by atoms with Crippen LogP contribution < -0.4 is 10.1 Å². The minimum absolute atomic E-state index is 0.132. The molecule has 1 aromatic rings. The van der Waals surface area contributed by atoms with Crippen LogP contribution >= 0.6 is 0 Å². The number of para-hydroxylation sites is 1. The summed E-state index contributed by atoms with van der Waals surface area (Å²) in [6.45, 7) is 9.51. The van der Waals surface area contributed by atoms with Crippen molar-refractivity contribution in [2.45, 2.75) is 45.6 Å². The molecule has 17 heavy (non-hydrogen) atoms. The van der Waals surface area contributed by atoms with E-state index in [9.17, 15) is 0 Å². The quantitative estimate of drug-likeness (QED) is 0.813. The SMILES string of the molecule is CNC(C)(C)CCOc1ccccc1C(C)C. The molecule has 0 atom stereocenters. The first-order valence-corrected chi connectivity index (χ1v) is 6.37. The van der Waals surface area contributed by atoms with E-state index in [-0.39, 0.29) is 5.54 Å². The highest BCUT2D eigenvalue weighted by Gasteiger charge is 2.15. The van der Waals surface area contributed by atoms with Gasteiger partial charge in [0.05, 0.1) is 6.61 Å². The van der Waals surface area contributed by atoms with Crippen LogP contribution in [0, 0.1) is 0 Å². The largest absolute Gasteiger partial charge is 0.493 e. The van der Waals surface area contributed by atoms with Gasteiger partial charge in [0.1, 0.15) is 5.75 Å². The third-order valence-electron chi connectivity index (χ3n) is 3.20. The van der Waals surface area contributed by atoms with E-state index in [1.54, 1.807) is 0 Å². The minimum Gasteiger partial charge on any atom is -0.493 e. The van der Waals surface area contributed by atoms with E-state index in [0.29, 0.717) is 5.92 Å². The standard InChI is InChI=1S/C15H25NO/c1-12(2)13-8-6-7-9-14(13)17-11-10-15(3,4)16-5/h6-9,12,16H,10-11H2,1-5H3. The summed E-state index contributed by atoms with van der Waals surface area (Å²) in [6.07, 6.45) is 0.996. The van der Waals surface area contributed by atoms with Gasteiger partial charge in [0.25, 0.3) is 0 Å². The fourth-order valence-electron chi connectivity index (χ4n) is 1.63. The summed E-state index contributed by atoms with van der Waals surface area (Å²) in [6, 6.07) is 8.30. The van der Waals surface area contributed by atoms with Crippen molar-refractivity contribution in [2.75, 3.05) is 13.7 Å². The van der Waals surface area contributed by atoms with Crippen molar-refractivity contribution >= 4 is 0 Å². The Kier molecular flexibility index (Phi) is 5.01. The summed E-state index contributed by atoms with van der Waals surface area (Å²) in [7, 11) is 1.99. The van der Waals surface area contributed by atoms with Crippen molar-refractivity contribution in [1.29, 1.82) is 0 Å². The first kappa shape index (κ1) is 14.0. The molecule has 0 heterocycles. The van der Waals surface area contributed by atoms with Crippen LogP contribution in [0.5, 0.6) is 5.75 Å². The molecule has 2 heteroatoms. The fraction of sp³-hybridized carbons (Fsp3) is 0.600. The average Bonchev–Trinajstić information content (AvgIpc) is 2.29. The van der Waals surface area contributed by atoms with Crippen molar-refractivity contribution in [3.63, 3.8) is 0 Å². The summed E-state index contributed by atoms with van der Waals surface area (Å²) < 4.78 is 5.90. The van der Waals surface area contributed by atoms with Crippen LogP contribution in [0.25, 0.3) is 0 Å². The topological polar surface area (TPSA) is 21.3 Å². The van der Waals surface area contributed by atoms with Gasteiger partial charge in [-0.1, -0.05) is 32.0 Å². The Bertz CT molecular complexity index is 345. The molecule has 0 aliphatic rings. The fourth-order valence-corrected chi connectivity index (χ4v) is 1.63. The predicted molar refractivity (Wildman–Crippen MR) is 73.8 cm³/mol. The van der Waals surface area contributed by atoms with E-state index in [1.807, 2.05) is 13.1 Å². The summed E-state index contributed by atoms with van der Waals surface area (Å²) in [5, 5.41) is 3.28. The molecule has 0 spiro atoms. The molecule has 0 saturated heterocycles. The molecule has 1 aromatic carbocycles. The minimum atomic E-state index is 0.132. The molecule has 1 N–H and O–H groups in total. The molecule has 0 unspecified atom stereocenters. The van der Waals surface area contributed by atoms with E-state index >= 15 is 0 Å². The number of ether oxygens (including phenoxy) is 1. The second-order valence-electron chi connectivity index (χ2n) is 5.42. The van der Waals surface area contributed by atoms with Crippen molar-refractivity contribution in [3.8, 4) is 5.75 Å². The van der Waals surface area contributed by atoms with Gasteiger partial charge in [0, 0.05) is 5.54 Å². The van der Waals surface area contributed by atoms with E-state index in [2.05, 4.69) is 51.2 Å². The van der Waals surface area contributed by atoms with Crippen molar-refractivity contribution in [1.82, 2.24) is 5.32 Å². The summed E-state index contributed by atoms with van der Waals surface area (Å²) in [5.41, 5.74) is 1.42. The maximum atomic E-state index is 5.90. The van der Waals surface area contributed by atoms with Crippen LogP contribution in [0.1, 0.15) is 45.6 Å². The monoisotopic (exact) mass is 235 g/mol. The van der Waals surface area contributed by atoms with Gasteiger partial charge in [-0.15, -0.1) is 0 Å². The molecule has 96 valence electrons. The third kappa shape index (κ3) is 4.39. The summed E-state index contributed by atoms with van der Waals surface area (Å²) >= 11 is 0. The molecule has 0 amide bonds. The number of hydrogen-bond donors (Lipinski definition) is 1. The van der Waals surface area contributed by atoms with Crippen LogP contribution in [0.15, 0.2) is 24.3 Å². The lowest BCUT2D eigenvalue weighted by Crippen LogP contribution is -2.37. The Labute approximate surface area is 105 Å². The Morgan fingerprint density at radius 3 is 2.47 bits per heavy atom. The zero-order valence-corrected chi connectivity index (χ0v) is 11.7. The summed E-state index contributed by atoms with van der Waals surface area (Å²) in [4.78, 5) is 0. The van der Waals surface area contributed by atoms with Crippen LogP contribution in [0.2, 0.25) is 0 Å². The van der Waals surface area contributed by atoms with Crippen LogP contribution in [-0.4, -0.2) is 19.2 Å². The van der Waals surface area contributed by atoms with Gasteiger partial charge in [-0.25, -0.2) is 0 Å². The third-order valence-corrected chi connectivity index (χ3v) is 3.20. The highest BCUT2D eigenvalue weighted by atomic mass is 16.5. The molecule has 0 aliphatic heterocycles. The van der Waals surface area contributed by atoms with E-state index in [0.717, 1.165) is 18.8 Å². The van der Waals surface area contributed by atoms with Crippen molar-refractivity contribution < 1.29 is 4.74 Å². The lowest BCUT2D eigenvalue weighted by molar-refractivity contribution is 0.253. The Balaban J connectivity index is 2.58. The Morgan fingerprint density at radius 1 is 1.24 bits per heavy atom. The molecule has 1 rings (SSSR count). The lowest BCUT2D eigenvalue weighted by Gasteiger charge is -2.24. The Morgan fingerprint density at radius 2 is 1.88 bits per heavy atom. The molecule has 0 radical (unpaired) electrons. The maximum Gasteiger partial charge on any atom is 0.122 e. The predicted octanol–water partition coefficient (Wildman–Crippen LogP) is 3.58. The van der Waals surface area contributed by atoms with Gasteiger partial charge in [0.2, 0.25) is 0 Å². The average molecular weight is 235 g/mol. The van der Waals surface area contributed by atoms with Crippen molar-refractivity contribution in [2.24, 2.45) is 0 Å². The van der Waals surface area contributed by atoms with Crippen LogP contribution in [-0.2, 0) is 0 Å². The molecule has 0 aromatic heterocycles. The zero-order valence-electron chi connectivity index (χ0n) is 11.7. The van der Waals surface area contributed by atoms with Gasteiger partial charge < -0.3 is 10.1 Å². The molecule has 0 fully saturated rings. The number of benzene rings is 1. The van der Waals surface area contributed by atoms with Gasteiger partial charge in [-0.2, -0.15) is 0 Å². The second kappa shape index (κ2) is 6.06. The van der Waals surface area contributed by atoms with E-state index < -0.39 is 0 Å². The molecule has 0 bridgehead atoms. The number of hydrogen-bond acceptors (Lipinski definition) is 2. The van der Waals surface area contributed by atoms with E-state index in [4.69, 9.17) is 4.74 Å². The molecule has 0 aliphatic carbocycles. The molecule has 0 saturated carbocycles. The zero-order chi connectivity index (χ0) is 12.9. The Hall–Kier alpha value is -1.02. The normalized spacial score (nSPS) is 11.9. The van der Waals surface area contributed by atoms with Crippen molar-refractivity contribution in [3.05, 3.63) is 29.8 Å². The van der Waals surface area contributed by atoms with Gasteiger partial charge in [-0.3, -0.25) is 0 Å². The highest BCUT2D eigenvalue weighted by molar-refractivity contribution is 5.35. The van der Waals surface area contributed by atoms with Gasteiger partial charge in [-0.05, 0) is 44.9 Å². The first-order valence-electron chi connectivity index (χ1n) is 6.37. The van der Waals surface area contributed by atoms with E-state index in [1.165, 1.54) is 5.56 Å². The van der Waals surface area contributed by atoms with Gasteiger partial charge in [0.15, 0.2) is 0 Å². The second-order valence-corrected chi connectivity index (χ2v) is 5.42. The number of nitrogens with one attached hydrogen (secondary N) is 1. The van der Waals surface area contributed by atoms with Gasteiger partial charge >= 0.3 is 0 Å². The highest BCUT2D eigenvalue weighted by Crippen LogP contribution is 2.26. The molecular formula is C15H25NO. The van der Waals surface area contributed by atoms with Crippen LogP contribution in [0.3, 0.4) is 0 Å². The maximum absolute atomic E-state index is 5.90. The summed E-state index contributed by atoms with van der Waals surface area (Å²) in [5.74, 6) is 1.53.